The number of carbonyl (C=O) groups is 1. The number of fused-ring (bicyclic) bond motifs is 1. The summed E-state index contributed by atoms with van der Waals surface area (Å²) in [6, 6.07) is 7.93. The van der Waals surface area contributed by atoms with Gasteiger partial charge in [-0.3, -0.25) is 9.89 Å². The normalized spacial score (nSPS) is 11.9. The number of nitrogens with one attached hydrogen (secondary N) is 2. The second-order valence-corrected chi connectivity index (χ2v) is 8.42. The van der Waals surface area contributed by atoms with Crippen LogP contribution < -0.4 is 5.32 Å². The van der Waals surface area contributed by atoms with E-state index < -0.39 is 17.8 Å². The zero-order valence-corrected chi connectivity index (χ0v) is 16.3. The van der Waals surface area contributed by atoms with Crippen LogP contribution in [0.3, 0.4) is 0 Å². The van der Waals surface area contributed by atoms with Crippen LogP contribution in [-0.2, 0) is 6.18 Å². The third kappa shape index (κ3) is 3.40. The molecule has 4 aromatic rings. The lowest BCUT2D eigenvalue weighted by Gasteiger charge is -2.04. The Morgan fingerprint density at radius 3 is 2.61 bits per heavy atom. The van der Waals surface area contributed by atoms with Crippen molar-refractivity contribution in [3.05, 3.63) is 51.3 Å². The molecule has 0 saturated heterocycles. The molecule has 0 unspecified atom stereocenters. The highest BCUT2D eigenvalue weighted by molar-refractivity contribution is 7.20. The molecule has 0 bridgehead atoms. The third-order valence-corrected chi connectivity index (χ3v) is 6.36. The Labute approximate surface area is 165 Å². The van der Waals surface area contributed by atoms with Gasteiger partial charge >= 0.3 is 6.18 Å². The summed E-state index contributed by atoms with van der Waals surface area (Å²) in [5.41, 5.74) is 0.387. The highest BCUT2D eigenvalue weighted by Crippen LogP contribution is 2.34. The Morgan fingerprint density at radius 1 is 1.14 bits per heavy atom. The minimum absolute atomic E-state index is 0.175. The molecule has 0 fully saturated rings. The first-order chi connectivity index (χ1) is 13.2. The molecule has 144 valence electrons. The van der Waals surface area contributed by atoms with Crippen molar-refractivity contribution in [2.24, 2.45) is 0 Å². The molecule has 0 aliphatic heterocycles. The van der Waals surface area contributed by atoms with Gasteiger partial charge in [-0.15, -0.1) is 22.7 Å². The van der Waals surface area contributed by atoms with Crippen LogP contribution in [0.2, 0.25) is 0 Å². The van der Waals surface area contributed by atoms with E-state index in [0.29, 0.717) is 21.6 Å². The van der Waals surface area contributed by atoms with Crippen molar-refractivity contribution in [1.82, 2.24) is 15.2 Å². The number of pyridine rings is 1. The molecule has 4 heterocycles. The van der Waals surface area contributed by atoms with Gasteiger partial charge in [0, 0.05) is 16.3 Å². The zero-order valence-electron chi connectivity index (χ0n) is 14.6. The molecule has 0 aromatic carbocycles. The van der Waals surface area contributed by atoms with E-state index in [0.717, 1.165) is 32.9 Å². The monoisotopic (exact) mass is 422 g/mol. The van der Waals surface area contributed by atoms with E-state index in [-0.39, 0.29) is 4.83 Å². The quantitative estimate of drug-likeness (QED) is 0.449. The van der Waals surface area contributed by atoms with Crippen LogP contribution in [0.25, 0.3) is 20.8 Å². The van der Waals surface area contributed by atoms with Crippen molar-refractivity contribution < 1.29 is 18.0 Å². The number of carbonyl (C=O) groups excluding carboxylic acids is 1. The molecule has 4 aromatic heterocycles. The highest BCUT2D eigenvalue weighted by atomic mass is 32.1. The van der Waals surface area contributed by atoms with E-state index in [1.807, 2.05) is 19.1 Å². The molecule has 0 radical (unpaired) electrons. The number of thiophene rings is 2. The van der Waals surface area contributed by atoms with E-state index >= 15 is 0 Å². The fourth-order valence-corrected chi connectivity index (χ4v) is 4.65. The van der Waals surface area contributed by atoms with Gasteiger partial charge in [0.25, 0.3) is 5.91 Å². The maximum atomic E-state index is 12.9. The zero-order chi connectivity index (χ0) is 20.1. The van der Waals surface area contributed by atoms with Crippen molar-refractivity contribution in [2.75, 3.05) is 5.32 Å². The standard InChI is InChI=1S/C18H13F3N4OS2/c1-8-3-5-12(27-8)11-7-14(25-24-11)23-16(26)15-9(2)10-4-6-13(18(19,20)21)22-17(10)28-15/h3-7H,1-2H3,(H2,23,24,25,26). The van der Waals surface area contributed by atoms with E-state index in [4.69, 9.17) is 0 Å². The van der Waals surface area contributed by atoms with Gasteiger partial charge in [0.1, 0.15) is 10.5 Å². The first kappa shape index (κ1) is 18.6. The fourth-order valence-electron chi connectivity index (χ4n) is 2.74. The molecule has 0 spiro atoms. The second-order valence-electron chi connectivity index (χ2n) is 6.13. The number of nitrogens with zero attached hydrogens (tertiary/aromatic N) is 2. The maximum absolute atomic E-state index is 12.9. The van der Waals surface area contributed by atoms with E-state index in [1.54, 1.807) is 24.3 Å². The lowest BCUT2D eigenvalue weighted by molar-refractivity contribution is -0.140. The molecule has 28 heavy (non-hydrogen) atoms. The van der Waals surface area contributed by atoms with Crippen LogP contribution in [0.5, 0.6) is 0 Å². The summed E-state index contributed by atoms with van der Waals surface area (Å²) in [7, 11) is 0. The third-order valence-electron chi connectivity index (χ3n) is 4.13. The lowest BCUT2D eigenvalue weighted by Crippen LogP contribution is -2.11. The van der Waals surface area contributed by atoms with Crippen LogP contribution in [0.4, 0.5) is 19.0 Å². The number of rotatable bonds is 3. The largest absolute Gasteiger partial charge is 0.433 e. The summed E-state index contributed by atoms with van der Waals surface area (Å²) < 4.78 is 38.6. The summed E-state index contributed by atoms with van der Waals surface area (Å²) in [6.07, 6.45) is -4.53. The number of anilines is 1. The minimum atomic E-state index is -4.53. The van der Waals surface area contributed by atoms with Gasteiger partial charge in [-0.1, -0.05) is 0 Å². The van der Waals surface area contributed by atoms with Crippen molar-refractivity contribution in [3.63, 3.8) is 0 Å². The minimum Gasteiger partial charge on any atom is -0.304 e. The van der Waals surface area contributed by atoms with Crippen LogP contribution in [0.1, 0.15) is 25.8 Å². The first-order valence-corrected chi connectivity index (χ1v) is 9.76. The Kier molecular flexibility index (Phi) is 4.47. The summed E-state index contributed by atoms with van der Waals surface area (Å²) >= 11 is 2.53. The summed E-state index contributed by atoms with van der Waals surface area (Å²) in [6.45, 7) is 3.68. The van der Waals surface area contributed by atoms with E-state index in [2.05, 4.69) is 20.5 Å². The molecule has 0 aliphatic rings. The highest BCUT2D eigenvalue weighted by Gasteiger charge is 2.33. The maximum Gasteiger partial charge on any atom is 0.433 e. The van der Waals surface area contributed by atoms with E-state index in [9.17, 15) is 18.0 Å². The van der Waals surface area contributed by atoms with Gasteiger partial charge in [-0.2, -0.15) is 18.3 Å². The molecular weight excluding hydrogens is 409 g/mol. The summed E-state index contributed by atoms with van der Waals surface area (Å²) in [4.78, 5) is 18.9. The molecule has 4 rings (SSSR count). The number of aromatic nitrogens is 3. The van der Waals surface area contributed by atoms with Crippen molar-refractivity contribution in [2.45, 2.75) is 20.0 Å². The number of aromatic amines is 1. The Morgan fingerprint density at radius 2 is 1.93 bits per heavy atom. The van der Waals surface area contributed by atoms with Crippen molar-refractivity contribution in [1.29, 1.82) is 0 Å². The van der Waals surface area contributed by atoms with E-state index in [1.165, 1.54) is 6.07 Å². The van der Waals surface area contributed by atoms with Crippen LogP contribution in [0, 0.1) is 13.8 Å². The molecule has 0 atom stereocenters. The number of hydrogen-bond acceptors (Lipinski definition) is 5. The van der Waals surface area contributed by atoms with Gasteiger partial charge in [0.2, 0.25) is 0 Å². The number of halogens is 3. The average molecular weight is 422 g/mol. The average Bonchev–Trinajstić information content (AvgIpc) is 3.33. The van der Waals surface area contributed by atoms with Crippen molar-refractivity contribution in [3.8, 4) is 10.6 Å². The predicted octanol–water partition coefficient (Wildman–Crippen LogP) is 5.64. The van der Waals surface area contributed by atoms with Gasteiger partial charge in [-0.25, -0.2) is 4.98 Å². The van der Waals surface area contributed by atoms with Gasteiger partial charge in [-0.05, 0) is 43.7 Å². The Bertz CT molecular complexity index is 1190. The SMILES string of the molecule is Cc1ccc(-c2cc(NC(=O)c3sc4nc(C(F)(F)F)ccc4c3C)n[nH]2)s1. The summed E-state index contributed by atoms with van der Waals surface area (Å²) in [5.74, 6) is -0.0960. The molecular formula is C18H13F3N4OS2. The number of hydrogen-bond donors (Lipinski definition) is 2. The Balaban J connectivity index is 1.60. The fraction of sp³-hybridized carbons (Fsp3) is 0.167. The lowest BCUT2D eigenvalue weighted by atomic mass is 10.2. The van der Waals surface area contributed by atoms with Crippen LogP contribution in [0.15, 0.2) is 30.3 Å². The smallest absolute Gasteiger partial charge is 0.304 e. The van der Waals surface area contributed by atoms with Gasteiger partial charge in [0.15, 0.2) is 5.82 Å². The van der Waals surface area contributed by atoms with Crippen LogP contribution >= 0.6 is 22.7 Å². The molecule has 1 amide bonds. The number of amides is 1. The second kappa shape index (κ2) is 6.71. The molecule has 2 N–H and O–H groups in total. The predicted molar refractivity (Wildman–Crippen MR) is 104 cm³/mol. The molecule has 10 heteroatoms. The molecule has 0 saturated carbocycles. The van der Waals surface area contributed by atoms with Crippen LogP contribution in [-0.4, -0.2) is 21.1 Å². The molecule has 5 nitrogen and oxygen atoms in total. The first-order valence-electron chi connectivity index (χ1n) is 8.13. The number of alkyl halides is 3. The summed E-state index contributed by atoms with van der Waals surface area (Å²) in [5, 5.41) is 10.2. The number of aryl methyl sites for hydroxylation is 2. The van der Waals surface area contributed by atoms with Gasteiger partial charge in [0.05, 0.1) is 15.4 Å². The Hall–Kier alpha value is -2.72. The number of H-pyrrole nitrogens is 1. The van der Waals surface area contributed by atoms with Gasteiger partial charge < -0.3 is 5.32 Å². The van der Waals surface area contributed by atoms with Crippen molar-refractivity contribution >= 4 is 44.6 Å². The topological polar surface area (TPSA) is 70.7 Å². The molecule has 0 aliphatic carbocycles.